The van der Waals surface area contributed by atoms with Gasteiger partial charge >= 0.3 is 0 Å². The van der Waals surface area contributed by atoms with E-state index in [9.17, 15) is 14.4 Å². The molecular weight excluding hydrogens is 476 g/mol. The van der Waals surface area contributed by atoms with Gasteiger partial charge in [-0.05, 0) is 37.5 Å². The van der Waals surface area contributed by atoms with E-state index >= 15 is 0 Å². The monoisotopic (exact) mass is 502 g/mol. The Hall–Kier alpha value is -2.20. The summed E-state index contributed by atoms with van der Waals surface area (Å²) in [4.78, 5) is 42.0. The molecule has 1 unspecified atom stereocenters. The highest BCUT2D eigenvalue weighted by molar-refractivity contribution is 7.17. The van der Waals surface area contributed by atoms with Crippen molar-refractivity contribution < 1.29 is 19.1 Å². The summed E-state index contributed by atoms with van der Waals surface area (Å²) in [7, 11) is 0. The summed E-state index contributed by atoms with van der Waals surface area (Å²) in [6, 6.07) is 3.25. The lowest BCUT2D eigenvalue weighted by Crippen LogP contribution is -2.52. The van der Waals surface area contributed by atoms with Crippen LogP contribution in [0.4, 0.5) is 0 Å². The number of alkyl halides is 1. The normalized spacial score (nSPS) is 29.2. The summed E-state index contributed by atoms with van der Waals surface area (Å²) in [6.45, 7) is 2.56. The van der Waals surface area contributed by atoms with Crippen molar-refractivity contribution in [2.24, 2.45) is 5.92 Å². The van der Waals surface area contributed by atoms with E-state index in [-0.39, 0.29) is 60.1 Å². The molecule has 3 aliphatic rings. The fourth-order valence-corrected chi connectivity index (χ4v) is 6.86. The van der Waals surface area contributed by atoms with E-state index in [1.807, 2.05) is 13.0 Å². The minimum absolute atomic E-state index is 0.00458. The van der Waals surface area contributed by atoms with Crippen molar-refractivity contribution in [2.75, 3.05) is 19.7 Å². The fourth-order valence-electron chi connectivity index (χ4n) is 5.49. The first-order chi connectivity index (χ1) is 16.4. The molecule has 0 radical (unpaired) electrons. The highest BCUT2D eigenvalue weighted by atomic mass is 35.5. The number of nitrogens with one attached hydrogen (secondary N) is 1. The van der Waals surface area contributed by atoms with Crippen molar-refractivity contribution in [2.45, 2.75) is 56.2 Å². The molecule has 0 bridgehead atoms. The van der Waals surface area contributed by atoms with Gasteiger partial charge in [0.25, 0.3) is 5.91 Å². The number of ketones is 2. The average Bonchev–Trinajstić information content (AvgIpc) is 3.56. The fraction of sp³-hybridized carbons (Fsp3) is 0.542. The molecule has 180 valence electrons. The molecule has 5 rings (SSSR count). The largest absolute Gasteiger partial charge is 0.367 e. The summed E-state index contributed by atoms with van der Waals surface area (Å²) < 4.78 is 5.62. The zero-order chi connectivity index (χ0) is 23.8. The Bertz CT molecular complexity index is 1110. The number of aryl methyl sites for hydroxylation is 1. The van der Waals surface area contributed by atoms with Crippen LogP contribution >= 0.6 is 22.9 Å². The van der Waals surface area contributed by atoms with Gasteiger partial charge in [0.15, 0.2) is 11.6 Å². The topological polar surface area (TPSA) is 101 Å². The molecule has 1 saturated carbocycles. The molecule has 4 heterocycles. The number of nitrogens with zero attached hydrogens (tertiary/aromatic N) is 3. The molecule has 8 nitrogen and oxygen atoms in total. The van der Waals surface area contributed by atoms with Gasteiger partial charge in [0.2, 0.25) is 0 Å². The Kier molecular flexibility index (Phi) is 6.79. The third-order valence-corrected chi connectivity index (χ3v) is 8.68. The molecule has 34 heavy (non-hydrogen) atoms. The van der Waals surface area contributed by atoms with Crippen LogP contribution in [0.1, 0.15) is 40.9 Å². The van der Waals surface area contributed by atoms with Crippen LogP contribution in [0.2, 0.25) is 0 Å². The number of Topliss-reactive ketones (excluding diaryl/α,β-unsaturated/α-hetero) is 2. The zero-order valence-corrected chi connectivity index (χ0v) is 20.5. The van der Waals surface area contributed by atoms with Crippen LogP contribution in [-0.2, 0) is 14.3 Å². The van der Waals surface area contributed by atoms with E-state index in [0.29, 0.717) is 11.4 Å². The molecule has 2 saturated heterocycles. The van der Waals surface area contributed by atoms with Gasteiger partial charge in [-0.1, -0.05) is 12.8 Å². The Morgan fingerprint density at radius 1 is 1.24 bits per heavy atom. The predicted octanol–water partition coefficient (Wildman–Crippen LogP) is 2.63. The Labute approximate surface area is 207 Å². The van der Waals surface area contributed by atoms with Gasteiger partial charge in [-0.3, -0.25) is 19.3 Å². The first kappa shape index (κ1) is 23.5. The Morgan fingerprint density at radius 2 is 2.03 bits per heavy atom. The Morgan fingerprint density at radius 3 is 2.85 bits per heavy atom. The molecule has 0 spiro atoms. The highest BCUT2D eigenvalue weighted by Crippen LogP contribution is 2.38. The molecule has 1 amide bonds. The number of halogens is 1. The third-order valence-electron chi connectivity index (χ3n) is 7.18. The van der Waals surface area contributed by atoms with Crippen LogP contribution < -0.4 is 5.32 Å². The van der Waals surface area contributed by atoms with Crippen molar-refractivity contribution in [1.29, 1.82) is 0 Å². The maximum absolute atomic E-state index is 13.2. The number of hydrogen-bond donors (Lipinski definition) is 1. The number of fused-ring (bicyclic) bond motifs is 1. The number of amides is 1. The number of carbonyl (C=O) groups excluding carboxylic acids is 3. The molecule has 5 atom stereocenters. The standard InChI is InChI=1S/C24H27ClN4O4S/c1-13-8-27-28-9-15(13)20-6-7-21(34-20)24(32)26-10-18(30)14-4-2-3-5-17(14)29-11-16(25)23-22(29)19(31)12-33-23/h6-9,14,16-17,22-23H,2-5,10-12H2,1H3,(H,26,32)/t14-,16-,17?,22+,23+/m0/s1. The van der Waals surface area contributed by atoms with Crippen molar-refractivity contribution in [3.05, 3.63) is 35.0 Å². The van der Waals surface area contributed by atoms with Crippen molar-refractivity contribution in [3.63, 3.8) is 0 Å². The number of rotatable bonds is 6. The number of likely N-dealkylation sites (tertiary alicyclic amines) is 1. The van der Waals surface area contributed by atoms with Crippen LogP contribution in [0, 0.1) is 12.8 Å². The van der Waals surface area contributed by atoms with E-state index in [4.69, 9.17) is 16.3 Å². The summed E-state index contributed by atoms with van der Waals surface area (Å²) in [6.07, 6.45) is 6.66. The minimum Gasteiger partial charge on any atom is -0.367 e. The number of ether oxygens (including phenoxy) is 1. The van der Waals surface area contributed by atoms with Gasteiger partial charge in [-0.15, -0.1) is 22.9 Å². The van der Waals surface area contributed by atoms with E-state index in [1.165, 1.54) is 11.3 Å². The smallest absolute Gasteiger partial charge is 0.261 e. The molecule has 3 fully saturated rings. The Balaban J connectivity index is 1.24. The first-order valence-electron chi connectivity index (χ1n) is 11.7. The van der Waals surface area contributed by atoms with Crippen molar-refractivity contribution in [3.8, 4) is 10.4 Å². The van der Waals surface area contributed by atoms with Gasteiger partial charge in [0, 0.05) is 28.9 Å². The molecule has 0 aromatic carbocycles. The average molecular weight is 503 g/mol. The second-order valence-corrected chi connectivity index (χ2v) is 10.9. The highest BCUT2D eigenvalue weighted by Gasteiger charge is 2.53. The summed E-state index contributed by atoms with van der Waals surface area (Å²) in [5.74, 6) is -0.441. The maximum atomic E-state index is 13.2. The predicted molar refractivity (Wildman–Crippen MR) is 128 cm³/mol. The van der Waals surface area contributed by atoms with Gasteiger partial charge < -0.3 is 10.1 Å². The van der Waals surface area contributed by atoms with Gasteiger partial charge in [0.1, 0.15) is 6.61 Å². The second-order valence-electron chi connectivity index (χ2n) is 9.26. The number of carbonyl (C=O) groups is 3. The van der Waals surface area contributed by atoms with E-state index < -0.39 is 0 Å². The minimum atomic E-state index is -0.355. The van der Waals surface area contributed by atoms with Crippen molar-refractivity contribution in [1.82, 2.24) is 20.4 Å². The SMILES string of the molecule is Cc1cnncc1-c1ccc(C(=O)NCC(=O)[C@H]2CCCCC2N2C[C@H](Cl)[C@H]3OCC(=O)[C@H]32)s1. The van der Waals surface area contributed by atoms with Crippen LogP contribution in [0.25, 0.3) is 10.4 Å². The van der Waals surface area contributed by atoms with E-state index in [0.717, 1.165) is 41.7 Å². The summed E-state index contributed by atoms with van der Waals surface area (Å²) in [5.41, 5.74) is 1.92. The maximum Gasteiger partial charge on any atom is 0.261 e. The van der Waals surface area contributed by atoms with E-state index in [1.54, 1.807) is 18.5 Å². The number of thiophene rings is 1. The summed E-state index contributed by atoms with van der Waals surface area (Å²) >= 11 is 7.84. The van der Waals surface area contributed by atoms with Crippen LogP contribution in [0.5, 0.6) is 0 Å². The molecule has 2 aliphatic heterocycles. The lowest BCUT2D eigenvalue weighted by molar-refractivity contribution is -0.128. The second kappa shape index (κ2) is 9.81. The van der Waals surface area contributed by atoms with Crippen LogP contribution in [-0.4, -0.2) is 75.8 Å². The zero-order valence-electron chi connectivity index (χ0n) is 18.9. The molecule has 2 aromatic heterocycles. The van der Waals surface area contributed by atoms with Crippen molar-refractivity contribution >= 4 is 40.4 Å². The number of aromatic nitrogens is 2. The van der Waals surface area contributed by atoms with Gasteiger partial charge in [-0.25, -0.2) is 0 Å². The van der Waals surface area contributed by atoms with Crippen LogP contribution in [0.3, 0.4) is 0 Å². The lowest BCUT2D eigenvalue weighted by atomic mass is 9.80. The molecular formula is C24H27ClN4O4S. The first-order valence-corrected chi connectivity index (χ1v) is 12.9. The molecule has 10 heteroatoms. The summed E-state index contributed by atoms with van der Waals surface area (Å²) in [5, 5.41) is 10.4. The van der Waals surface area contributed by atoms with Gasteiger partial charge in [0.05, 0.1) is 41.3 Å². The van der Waals surface area contributed by atoms with E-state index in [2.05, 4.69) is 20.4 Å². The number of hydrogen-bond acceptors (Lipinski definition) is 8. The quantitative estimate of drug-likeness (QED) is 0.606. The molecule has 1 N–H and O–H groups in total. The molecule has 1 aliphatic carbocycles. The third kappa shape index (κ3) is 4.42. The van der Waals surface area contributed by atoms with Gasteiger partial charge in [-0.2, -0.15) is 10.2 Å². The molecule has 2 aromatic rings. The van der Waals surface area contributed by atoms with Crippen LogP contribution in [0.15, 0.2) is 24.5 Å². The lowest BCUT2D eigenvalue weighted by Gasteiger charge is -2.39.